The Hall–Kier alpha value is -3.59. The van der Waals surface area contributed by atoms with Crippen LogP contribution in [0.15, 0.2) is 42.9 Å². The van der Waals surface area contributed by atoms with E-state index in [4.69, 9.17) is 16.7 Å². The summed E-state index contributed by atoms with van der Waals surface area (Å²) in [5, 5.41) is 18.1. The molecule has 5 rings (SSSR count). The van der Waals surface area contributed by atoms with E-state index in [1.807, 2.05) is 23.1 Å². The van der Waals surface area contributed by atoms with Gasteiger partial charge in [-0.05, 0) is 43.0 Å². The normalized spacial score (nSPS) is 14.7. The Balaban J connectivity index is 1.33. The zero-order valence-electron chi connectivity index (χ0n) is 18.0. The largest absolute Gasteiger partial charge is 0.478 e. The lowest BCUT2D eigenvalue weighted by Crippen LogP contribution is -2.36. The van der Waals surface area contributed by atoms with Crippen LogP contribution in [0.25, 0.3) is 22.3 Å². The number of anilines is 1. The van der Waals surface area contributed by atoms with Crippen LogP contribution in [0, 0.1) is 0 Å². The molecular weight excluding hydrogens is 442 g/mol. The number of halogens is 1. The number of aromatic carboxylic acids is 1. The third-order valence-corrected chi connectivity index (χ3v) is 6.36. The number of rotatable bonds is 5. The quantitative estimate of drug-likeness (QED) is 0.472. The average molecular weight is 464 g/mol. The Labute approximate surface area is 195 Å². The fourth-order valence-electron chi connectivity index (χ4n) is 4.12. The molecule has 0 amide bonds. The molecule has 1 fully saturated rings. The Morgan fingerprint density at radius 3 is 2.55 bits per heavy atom. The summed E-state index contributed by atoms with van der Waals surface area (Å²) in [4.78, 5) is 27.0. The summed E-state index contributed by atoms with van der Waals surface area (Å²) in [6, 6.07) is 6.85. The molecule has 0 atom stereocenters. The Kier molecular flexibility index (Phi) is 5.63. The van der Waals surface area contributed by atoms with Crippen molar-refractivity contribution in [2.75, 3.05) is 18.0 Å². The monoisotopic (exact) mass is 463 g/mol. The summed E-state index contributed by atoms with van der Waals surface area (Å²) in [7, 11) is 0. The van der Waals surface area contributed by atoms with Crippen molar-refractivity contribution in [3.05, 3.63) is 59.0 Å². The lowest BCUT2D eigenvalue weighted by Gasteiger charge is -2.32. The number of aryl methyl sites for hydroxylation is 1. The highest BCUT2D eigenvalue weighted by atomic mass is 35.5. The molecule has 1 aromatic carbocycles. The molecule has 9 nitrogen and oxygen atoms in total. The van der Waals surface area contributed by atoms with Crippen molar-refractivity contribution in [2.45, 2.75) is 32.2 Å². The second-order valence-corrected chi connectivity index (χ2v) is 8.46. The molecule has 3 aromatic heterocycles. The lowest BCUT2D eigenvalue weighted by atomic mass is 10.1. The second-order valence-electron chi connectivity index (χ2n) is 8.06. The van der Waals surface area contributed by atoms with E-state index in [-0.39, 0.29) is 16.6 Å². The predicted octanol–water partition coefficient (Wildman–Crippen LogP) is 4.04. The number of carbonyl (C=O) groups is 1. The van der Waals surface area contributed by atoms with Crippen LogP contribution in [-0.2, 0) is 6.42 Å². The number of hydrogen-bond donors (Lipinski definition) is 1. The number of pyridine rings is 1. The van der Waals surface area contributed by atoms with E-state index >= 15 is 0 Å². The summed E-state index contributed by atoms with van der Waals surface area (Å²) in [5.41, 5.74) is 4.19. The van der Waals surface area contributed by atoms with Gasteiger partial charge in [0.15, 0.2) is 0 Å². The van der Waals surface area contributed by atoms with Crippen LogP contribution in [0.4, 0.5) is 5.95 Å². The summed E-state index contributed by atoms with van der Waals surface area (Å²) in [6.07, 6.45) is 8.30. The Morgan fingerprint density at radius 2 is 1.88 bits per heavy atom. The van der Waals surface area contributed by atoms with Crippen molar-refractivity contribution in [1.29, 1.82) is 0 Å². The van der Waals surface area contributed by atoms with Crippen molar-refractivity contribution in [3.8, 4) is 11.3 Å². The number of piperidine rings is 1. The van der Waals surface area contributed by atoms with Crippen molar-refractivity contribution in [2.24, 2.45) is 0 Å². The molecule has 1 saturated heterocycles. The highest BCUT2D eigenvalue weighted by molar-refractivity contribution is 6.33. The molecule has 1 N–H and O–H groups in total. The fourth-order valence-corrected chi connectivity index (χ4v) is 4.38. The van der Waals surface area contributed by atoms with Crippen molar-refractivity contribution in [3.63, 3.8) is 0 Å². The number of fused-ring (bicyclic) bond motifs is 1. The van der Waals surface area contributed by atoms with E-state index in [0.717, 1.165) is 60.5 Å². The maximum absolute atomic E-state index is 11.2. The smallest absolute Gasteiger partial charge is 0.337 e. The van der Waals surface area contributed by atoms with Gasteiger partial charge in [0.2, 0.25) is 5.95 Å². The summed E-state index contributed by atoms with van der Waals surface area (Å²) in [5.74, 6) is -0.290. The van der Waals surface area contributed by atoms with E-state index in [1.165, 1.54) is 6.07 Å². The predicted molar refractivity (Wildman–Crippen MR) is 125 cm³/mol. The van der Waals surface area contributed by atoms with Crippen molar-refractivity contribution in [1.82, 2.24) is 29.9 Å². The van der Waals surface area contributed by atoms with Gasteiger partial charge < -0.3 is 10.0 Å². The van der Waals surface area contributed by atoms with E-state index in [0.29, 0.717) is 5.69 Å². The molecule has 0 radical (unpaired) electrons. The molecule has 0 saturated carbocycles. The molecule has 10 heteroatoms. The van der Waals surface area contributed by atoms with E-state index < -0.39 is 5.97 Å². The highest BCUT2D eigenvalue weighted by Crippen LogP contribution is 2.29. The SMILES string of the molecule is CCc1cnc(N2CCC(n3nnc4cc(-c5ccc(C(=O)O)c(Cl)c5)ncc43)CC2)nc1. The molecule has 1 aliphatic heterocycles. The third kappa shape index (κ3) is 4.11. The van der Waals surface area contributed by atoms with Crippen LogP contribution in [0.1, 0.15) is 41.7 Å². The van der Waals surface area contributed by atoms with Gasteiger partial charge in [-0.3, -0.25) is 4.98 Å². The highest BCUT2D eigenvalue weighted by Gasteiger charge is 2.24. The summed E-state index contributed by atoms with van der Waals surface area (Å²) < 4.78 is 1.95. The third-order valence-electron chi connectivity index (χ3n) is 6.05. The van der Waals surface area contributed by atoms with Gasteiger partial charge in [-0.25, -0.2) is 19.4 Å². The molecule has 0 aliphatic carbocycles. The van der Waals surface area contributed by atoms with Gasteiger partial charge in [-0.1, -0.05) is 29.8 Å². The zero-order valence-corrected chi connectivity index (χ0v) is 18.8. The summed E-state index contributed by atoms with van der Waals surface area (Å²) in [6.45, 7) is 3.78. The van der Waals surface area contributed by atoms with Gasteiger partial charge in [0.25, 0.3) is 0 Å². The van der Waals surface area contributed by atoms with Gasteiger partial charge in [0.1, 0.15) is 11.0 Å². The minimum absolute atomic E-state index is 0.0606. The molecule has 4 heterocycles. The second kappa shape index (κ2) is 8.74. The Morgan fingerprint density at radius 1 is 1.12 bits per heavy atom. The first-order chi connectivity index (χ1) is 16.0. The molecule has 0 bridgehead atoms. The van der Waals surface area contributed by atoms with Crippen LogP contribution in [0.2, 0.25) is 5.02 Å². The molecule has 168 valence electrons. The molecule has 0 unspecified atom stereocenters. The number of benzene rings is 1. The van der Waals surface area contributed by atoms with Gasteiger partial charge >= 0.3 is 5.97 Å². The fraction of sp³-hybridized carbons (Fsp3) is 0.304. The van der Waals surface area contributed by atoms with E-state index in [9.17, 15) is 4.79 Å². The number of nitrogens with zero attached hydrogens (tertiary/aromatic N) is 7. The maximum atomic E-state index is 11.2. The number of aromatic nitrogens is 6. The van der Waals surface area contributed by atoms with Gasteiger partial charge in [-0.2, -0.15) is 0 Å². The van der Waals surface area contributed by atoms with Crippen molar-refractivity contribution < 1.29 is 9.90 Å². The van der Waals surface area contributed by atoms with Crippen LogP contribution < -0.4 is 4.90 Å². The molecule has 33 heavy (non-hydrogen) atoms. The summed E-state index contributed by atoms with van der Waals surface area (Å²) >= 11 is 6.12. The minimum atomic E-state index is -1.06. The topological polar surface area (TPSA) is 110 Å². The van der Waals surface area contributed by atoms with E-state index in [2.05, 4.69) is 37.1 Å². The Bertz CT molecular complexity index is 1310. The standard InChI is InChI=1S/C23H22ClN7O2/c1-2-14-11-26-23(27-12-14)30-7-5-16(6-8-30)31-21-13-25-19(10-20(21)28-29-31)15-3-4-17(22(32)33)18(24)9-15/h3-4,9-13,16H,2,5-8H2,1H3,(H,32,33). The van der Waals surface area contributed by atoms with Crippen LogP contribution in [-0.4, -0.2) is 54.1 Å². The van der Waals surface area contributed by atoms with Crippen LogP contribution >= 0.6 is 11.6 Å². The average Bonchev–Trinajstić information content (AvgIpc) is 3.27. The first-order valence-corrected chi connectivity index (χ1v) is 11.2. The first-order valence-electron chi connectivity index (χ1n) is 10.8. The molecular formula is C23H22ClN7O2. The van der Waals surface area contributed by atoms with Crippen LogP contribution in [0.3, 0.4) is 0 Å². The number of hydrogen-bond acceptors (Lipinski definition) is 7. The van der Waals surface area contributed by atoms with Crippen molar-refractivity contribution >= 4 is 34.6 Å². The van der Waals surface area contributed by atoms with Crippen LogP contribution in [0.5, 0.6) is 0 Å². The van der Waals surface area contributed by atoms with Gasteiger partial charge in [0.05, 0.1) is 28.5 Å². The molecule has 0 spiro atoms. The minimum Gasteiger partial charge on any atom is -0.478 e. The van der Waals surface area contributed by atoms with Gasteiger partial charge in [-0.15, -0.1) is 5.10 Å². The molecule has 1 aliphatic rings. The van der Waals surface area contributed by atoms with Gasteiger partial charge in [0, 0.05) is 31.0 Å². The maximum Gasteiger partial charge on any atom is 0.337 e. The number of carboxylic acid groups (broad SMARTS) is 1. The lowest BCUT2D eigenvalue weighted by molar-refractivity contribution is 0.0697. The molecule has 4 aromatic rings. The zero-order chi connectivity index (χ0) is 22.9. The first kappa shape index (κ1) is 21.3. The van der Waals surface area contributed by atoms with E-state index in [1.54, 1.807) is 18.3 Å². The number of carboxylic acids is 1.